The molecule has 3 aromatic heterocycles. The molecular formula is C21H17N5O2S. The normalized spacial score (nSPS) is 11.5. The average molecular weight is 403 g/mol. The number of amides is 2. The Morgan fingerprint density at radius 3 is 2.76 bits per heavy atom. The van der Waals surface area contributed by atoms with E-state index in [1.807, 2.05) is 41.8 Å². The Morgan fingerprint density at radius 1 is 1.21 bits per heavy atom. The molecule has 2 amide bonds. The van der Waals surface area contributed by atoms with Crippen molar-refractivity contribution in [1.29, 1.82) is 0 Å². The van der Waals surface area contributed by atoms with E-state index < -0.39 is 5.91 Å². The van der Waals surface area contributed by atoms with Gasteiger partial charge in [0.15, 0.2) is 0 Å². The van der Waals surface area contributed by atoms with Crippen LogP contribution in [0.2, 0.25) is 0 Å². The molecule has 4 N–H and O–H groups in total. The number of benzene rings is 1. The molecule has 0 spiro atoms. The van der Waals surface area contributed by atoms with Crippen molar-refractivity contribution in [2.75, 3.05) is 5.32 Å². The van der Waals surface area contributed by atoms with Crippen molar-refractivity contribution in [3.05, 3.63) is 76.5 Å². The molecule has 29 heavy (non-hydrogen) atoms. The summed E-state index contributed by atoms with van der Waals surface area (Å²) in [5.41, 5.74) is 8.68. The summed E-state index contributed by atoms with van der Waals surface area (Å²) in [6, 6.07) is 11.0. The molecule has 4 aromatic rings. The fraction of sp³-hybridized carbons (Fsp3) is 0.0476. The van der Waals surface area contributed by atoms with E-state index >= 15 is 0 Å². The first-order valence-electron chi connectivity index (χ1n) is 8.82. The second-order valence-corrected chi connectivity index (χ2v) is 7.28. The largest absolute Gasteiger partial charge is 0.366 e. The minimum absolute atomic E-state index is 0.171. The van der Waals surface area contributed by atoms with Crippen molar-refractivity contribution in [3.8, 4) is 0 Å². The van der Waals surface area contributed by atoms with Crippen LogP contribution in [0.4, 0.5) is 5.69 Å². The molecule has 0 aliphatic heterocycles. The number of aromatic nitrogens is 3. The lowest BCUT2D eigenvalue weighted by Crippen LogP contribution is -2.14. The SMILES string of the molecule is NC(=O)/C(=C\c1c[nH]c2ncc(NC(=O)Cc3nccs3)cc12)c1ccccc1. The van der Waals surface area contributed by atoms with E-state index in [1.165, 1.54) is 11.3 Å². The fourth-order valence-electron chi connectivity index (χ4n) is 2.96. The number of nitrogens with one attached hydrogen (secondary N) is 2. The maximum Gasteiger partial charge on any atom is 0.249 e. The fourth-order valence-corrected chi connectivity index (χ4v) is 3.58. The Balaban J connectivity index is 1.64. The predicted octanol–water partition coefficient (Wildman–Crippen LogP) is 3.23. The van der Waals surface area contributed by atoms with Crippen LogP contribution in [-0.4, -0.2) is 26.8 Å². The highest BCUT2D eigenvalue weighted by Crippen LogP contribution is 2.25. The Kier molecular flexibility index (Phi) is 5.17. The number of rotatable bonds is 6. The van der Waals surface area contributed by atoms with Gasteiger partial charge in [0.05, 0.1) is 18.3 Å². The van der Waals surface area contributed by atoms with Crippen LogP contribution in [0.15, 0.2) is 60.4 Å². The quantitative estimate of drug-likeness (QED) is 0.429. The highest BCUT2D eigenvalue weighted by atomic mass is 32.1. The van der Waals surface area contributed by atoms with Crippen molar-refractivity contribution in [2.24, 2.45) is 5.73 Å². The summed E-state index contributed by atoms with van der Waals surface area (Å²) in [6.07, 6.45) is 6.93. The zero-order valence-corrected chi connectivity index (χ0v) is 16.1. The first-order valence-corrected chi connectivity index (χ1v) is 9.70. The van der Waals surface area contributed by atoms with Crippen molar-refractivity contribution in [1.82, 2.24) is 15.0 Å². The lowest BCUT2D eigenvalue weighted by molar-refractivity contribution is -0.115. The lowest BCUT2D eigenvalue weighted by atomic mass is 10.0. The Hall–Kier alpha value is -3.78. The van der Waals surface area contributed by atoms with Crippen molar-refractivity contribution < 1.29 is 9.59 Å². The van der Waals surface area contributed by atoms with E-state index in [2.05, 4.69) is 20.3 Å². The summed E-state index contributed by atoms with van der Waals surface area (Å²) in [4.78, 5) is 35.8. The van der Waals surface area contributed by atoms with Crippen LogP contribution in [0, 0.1) is 0 Å². The third kappa shape index (κ3) is 4.22. The number of primary amides is 1. The molecule has 3 heterocycles. The van der Waals surface area contributed by atoms with Crippen LogP contribution >= 0.6 is 11.3 Å². The number of nitrogens with zero attached hydrogens (tertiary/aromatic N) is 2. The van der Waals surface area contributed by atoms with Gasteiger partial charge < -0.3 is 16.0 Å². The summed E-state index contributed by atoms with van der Waals surface area (Å²) < 4.78 is 0. The molecule has 1 aromatic carbocycles. The molecule has 0 fully saturated rings. The third-order valence-electron chi connectivity index (χ3n) is 4.29. The highest BCUT2D eigenvalue weighted by Gasteiger charge is 2.12. The van der Waals surface area contributed by atoms with Crippen LogP contribution in [0.1, 0.15) is 16.1 Å². The van der Waals surface area contributed by atoms with Crippen LogP contribution < -0.4 is 11.1 Å². The number of nitrogens with two attached hydrogens (primary N) is 1. The van der Waals surface area contributed by atoms with Gasteiger partial charge in [-0.15, -0.1) is 11.3 Å². The second-order valence-electron chi connectivity index (χ2n) is 6.30. The standard InChI is InChI=1S/C21H17N5O2S/c22-20(28)16(13-4-2-1-3-5-13)8-14-11-24-21-17(14)9-15(12-25-21)26-18(27)10-19-23-6-7-29-19/h1-9,11-12H,10H2,(H2,22,28)(H,24,25)(H,26,27)/b16-8-. The minimum atomic E-state index is -0.522. The number of aromatic amines is 1. The smallest absolute Gasteiger partial charge is 0.249 e. The van der Waals surface area contributed by atoms with Crippen LogP contribution in [0.5, 0.6) is 0 Å². The molecular weight excluding hydrogens is 386 g/mol. The van der Waals surface area contributed by atoms with Crippen LogP contribution in [0.25, 0.3) is 22.7 Å². The van der Waals surface area contributed by atoms with Gasteiger partial charge in [-0.25, -0.2) is 9.97 Å². The molecule has 0 saturated heterocycles. The van der Waals surface area contributed by atoms with Crippen molar-refractivity contribution >= 4 is 51.5 Å². The number of carbonyl (C=O) groups excluding carboxylic acids is 2. The summed E-state index contributed by atoms with van der Waals surface area (Å²) in [6.45, 7) is 0. The number of thiazole rings is 1. The molecule has 0 aliphatic rings. The van der Waals surface area contributed by atoms with Gasteiger partial charge in [0.1, 0.15) is 10.7 Å². The first kappa shape index (κ1) is 18.6. The molecule has 7 nitrogen and oxygen atoms in total. The molecule has 144 valence electrons. The van der Waals surface area contributed by atoms with Gasteiger partial charge in [-0.2, -0.15) is 0 Å². The maximum absolute atomic E-state index is 12.2. The monoisotopic (exact) mass is 403 g/mol. The molecule has 0 saturated carbocycles. The number of hydrogen-bond donors (Lipinski definition) is 3. The first-order chi connectivity index (χ1) is 14.1. The summed E-state index contributed by atoms with van der Waals surface area (Å²) in [5.74, 6) is -0.692. The zero-order chi connectivity index (χ0) is 20.2. The third-order valence-corrected chi connectivity index (χ3v) is 5.07. The number of anilines is 1. The van der Waals surface area contributed by atoms with E-state index in [0.29, 0.717) is 16.9 Å². The Morgan fingerprint density at radius 2 is 2.03 bits per heavy atom. The van der Waals surface area contributed by atoms with Gasteiger partial charge in [-0.3, -0.25) is 9.59 Å². The van der Waals surface area contributed by atoms with Crippen LogP contribution in [-0.2, 0) is 16.0 Å². The number of pyridine rings is 1. The van der Waals surface area contributed by atoms with Crippen LogP contribution in [0.3, 0.4) is 0 Å². The number of hydrogen-bond acceptors (Lipinski definition) is 5. The van der Waals surface area contributed by atoms with Gasteiger partial charge in [0.2, 0.25) is 11.8 Å². The summed E-state index contributed by atoms with van der Waals surface area (Å²) >= 11 is 1.43. The molecule has 0 aliphatic carbocycles. The van der Waals surface area contributed by atoms with E-state index in [1.54, 1.807) is 24.7 Å². The number of carbonyl (C=O) groups is 2. The van der Waals surface area contributed by atoms with Crippen molar-refractivity contribution in [3.63, 3.8) is 0 Å². The van der Waals surface area contributed by atoms with E-state index in [-0.39, 0.29) is 12.3 Å². The van der Waals surface area contributed by atoms with E-state index in [0.717, 1.165) is 21.5 Å². The maximum atomic E-state index is 12.2. The molecule has 4 rings (SSSR count). The molecule has 8 heteroatoms. The topological polar surface area (TPSA) is 114 Å². The van der Waals surface area contributed by atoms with Gasteiger partial charge in [0.25, 0.3) is 0 Å². The highest BCUT2D eigenvalue weighted by molar-refractivity contribution is 7.09. The Bertz CT molecular complexity index is 1200. The predicted molar refractivity (Wildman–Crippen MR) is 114 cm³/mol. The van der Waals surface area contributed by atoms with Gasteiger partial charge >= 0.3 is 0 Å². The van der Waals surface area contributed by atoms with Gasteiger partial charge in [-0.1, -0.05) is 30.3 Å². The Labute approximate surface area is 170 Å². The molecule has 0 bridgehead atoms. The molecule has 0 radical (unpaired) electrons. The van der Waals surface area contributed by atoms with Gasteiger partial charge in [0, 0.05) is 34.3 Å². The number of H-pyrrole nitrogens is 1. The number of fused-ring (bicyclic) bond motifs is 1. The van der Waals surface area contributed by atoms with E-state index in [4.69, 9.17) is 5.73 Å². The summed E-state index contributed by atoms with van der Waals surface area (Å²) in [5, 5.41) is 6.18. The molecule has 0 atom stereocenters. The van der Waals surface area contributed by atoms with Gasteiger partial charge in [-0.05, 0) is 17.7 Å². The summed E-state index contributed by atoms with van der Waals surface area (Å²) in [7, 11) is 0. The lowest BCUT2D eigenvalue weighted by Gasteiger charge is -2.05. The second kappa shape index (κ2) is 8.07. The van der Waals surface area contributed by atoms with E-state index in [9.17, 15) is 9.59 Å². The minimum Gasteiger partial charge on any atom is -0.366 e. The molecule has 0 unspecified atom stereocenters. The zero-order valence-electron chi connectivity index (χ0n) is 15.3. The average Bonchev–Trinajstić information content (AvgIpc) is 3.36. The van der Waals surface area contributed by atoms with Crippen molar-refractivity contribution in [2.45, 2.75) is 6.42 Å².